The zero-order chi connectivity index (χ0) is 11.9. The van der Waals surface area contributed by atoms with Crippen LogP contribution in [0.15, 0.2) is 12.1 Å². The van der Waals surface area contributed by atoms with E-state index >= 15 is 0 Å². The van der Waals surface area contributed by atoms with Crippen molar-refractivity contribution in [3.8, 4) is 17.2 Å². The molecule has 2 N–H and O–H groups in total. The topological polar surface area (TPSA) is 53.7 Å². The van der Waals surface area contributed by atoms with Gasteiger partial charge in [-0.2, -0.15) is 0 Å². The van der Waals surface area contributed by atoms with Gasteiger partial charge in [0.2, 0.25) is 12.5 Å². The lowest BCUT2D eigenvalue weighted by molar-refractivity contribution is 0.171. The summed E-state index contributed by atoms with van der Waals surface area (Å²) >= 11 is 0. The van der Waals surface area contributed by atoms with Crippen molar-refractivity contribution < 1.29 is 14.2 Å². The molecule has 1 heterocycles. The molecule has 1 aliphatic heterocycles. The number of nitrogens with two attached hydrogens (primary N) is 1. The minimum absolute atomic E-state index is 0.257. The summed E-state index contributed by atoms with van der Waals surface area (Å²) in [5.41, 5.74) is 7.25. The fraction of sp³-hybridized carbons (Fsp3) is 0.538. The van der Waals surface area contributed by atoms with Crippen LogP contribution in [0.2, 0.25) is 0 Å². The third-order valence-corrected chi connectivity index (χ3v) is 3.73. The van der Waals surface area contributed by atoms with E-state index in [1.165, 1.54) is 12.8 Å². The Hall–Kier alpha value is -1.42. The minimum atomic E-state index is -0.272. The van der Waals surface area contributed by atoms with Crippen LogP contribution in [-0.4, -0.2) is 13.9 Å². The summed E-state index contributed by atoms with van der Waals surface area (Å²) in [5, 5.41) is 0. The molecular weight excluding hydrogens is 218 g/mol. The molecule has 1 fully saturated rings. The predicted octanol–water partition coefficient (Wildman–Crippen LogP) is 2.15. The van der Waals surface area contributed by atoms with Crippen LogP contribution in [0, 0.1) is 0 Å². The molecule has 0 unspecified atom stereocenters. The van der Waals surface area contributed by atoms with E-state index in [4.69, 9.17) is 19.9 Å². The Morgan fingerprint density at radius 1 is 1.24 bits per heavy atom. The Balaban J connectivity index is 2.11. The Morgan fingerprint density at radius 3 is 2.71 bits per heavy atom. The van der Waals surface area contributed by atoms with Gasteiger partial charge in [0.05, 0.1) is 7.11 Å². The first-order chi connectivity index (χ1) is 8.24. The molecule has 0 radical (unpaired) electrons. The maximum absolute atomic E-state index is 6.47. The third-order valence-electron chi connectivity index (χ3n) is 3.73. The van der Waals surface area contributed by atoms with Crippen LogP contribution in [-0.2, 0) is 5.54 Å². The molecule has 17 heavy (non-hydrogen) atoms. The van der Waals surface area contributed by atoms with E-state index in [2.05, 4.69) is 0 Å². The third kappa shape index (κ3) is 1.55. The van der Waals surface area contributed by atoms with Crippen molar-refractivity contribution in [3.63, 3.8) is 0 Å². The quantitative estimate of drug-likeness (QED) is 0.853. The van der Waals surface area contributed by atoms with Crippen molar-refractivity contribution in [1.29, 1.82) is 0 Å². The van der Waals surface area contributed by atoms with Gasteiger partial charge in [-0.1, -0.05) is 12.8 Å². The SMILES string of the molecule is COc1c(C2(N)CCCC2)ccc2c1OCO2. The van der Waals surface area contributed by atoms with Gasteiger partial charge < -0.3 is 19.9 Å². The summed E-state index contributed by atoms with van der Waals surface area (Å²) in [6, 6.07) is 3.94. The second-order valence-electron chi connectivity index (χ2n) is 4.74. The van der Waals surface area contributed by atoms with Gasteiger partial charge in [0.1, 0.15) is 0 Å². The van der Waals surface area contributed by atoms with Crippen molar-refractivity contribution in [2.24, 2.45) is 5.73 Å². The van der Waals surface area contributed by atoms with Crippen LogP contribution in [0.25, 0.3) is 0 Å². The van der Waals surface area contributed by atoms with Gasteiger partial charge in [0.15, 0.2) is 11.5 Å². The molecule has 0 saturated heterocycles. The summed E-state index contributed by atoms with van der Waals surface area (Å²) in [5.74, 6) is 2.18. The van der Waals surface area contributed by atoms with Gasteiger partial charge in [-0.25, -0.2) is 0 Å². The molecule has 1 aromatic carbocycles. The van der Waals surface area contributed by atoms with Crippen LogP contribution in [0.5, 0.6) is 17.2 Å². The fourth-order valence-electron chi connectivity index (χ4n) is 2.82. The van der Waals surface area contributed by atoms with Gasteiger partial charge in [-0.15, -0.1) is 0 Å². The molecule has 1 saturated carbocycles. The van der Waals surface area contributed by atoms with Gasteiger partial charge in [0.25, 0.3) is 0 Å². The highest BCUT2D eigenvalue weighted by atomic mass is 16.7. The molecule has 2 aliphatic rings. The molecule has 4 heteroatoms. The standard InChI is InChI=1S/C13H17NO3/c1-15-11-9(13(14)6-2-3-7-13)4-5-10-12(11)17-8-16-10/h4-5H,2-3,6-8,14H2,1H3. The second kappa shape index (κ2) is 3.81. The molecule has 0 amide bonds. The van der Waals surface area contributed by atoms with Crippen LogP contribution >= 0.6 is 0 Å². The summed E-state index contributed by atoms with van der Waals surface area (Å²) in [6.07, 6.45) is 4.36. The zero-order valence-electron chi connectivity index (χ0n) is 9.99. The Kier molecular flexibility index (Phi) is 2.40. The van der Waals surface area contributed by atoms with E-state index in [1.807, 2.05) is 12.1 Å². The van der Waals surface area contributed by atoms with Crippen LogP contribution < -0.4 is 19.9 Å². The molecular formula is C13H17NO3. The molecule has 0 atom stereocenters. The Bertz CT molecular complexity index is 439. The van der Waals surface area contributed by atoms with E-state index < -0.39 is 0 Å². The second-order valence-corrected chi connectivity index (χ2v) is 4.74. The Labute approximate surface area is 101 Å². The first kappa shape index (κ1) is 10.7. The van der Waals surface area contributed by atoms with E-state index in [0.29, 0.717) is 5.75 Å². The number of methoxy groups -OCH3 is 1. The largest absolute Gasteiger partial charge is 0.492 e. The average Bonchev–Trinajstić information content (AvgIpc) is 2.96. The minimum Gasteiger partial charge on any atom is -0.492 e. The van der Waals surface area contributed by atoms with Gasteiger partial charge in [0, 0.05) is 11.1 Å². The van der Waals surface area contributed by atoms with Crippen LogP contribution in [0.3, 0.4) is 0 Å². The number of benzene rings is 1. The van der Waals surface area contributed by atoms with Gasteiger partial charge in [-0.3, -0.25) is 0 Å². The summed E-state index contributed by atoms with van der Waals surface area (Å²) in [7, 11) is 1.65. The molecule has 0 aromatic heterocycles. The highest BCUT2D eigenvalue weighted by Crippen LogP contribution is 2.49. The lowest BCUT2D eigenvalue weighted by atomic mass is 9.88. The monoisotopic (exact) mass is 235 g/mol. The number of rotatable bonds is 2. The summed E-state index contributed by atoms with van der Waals surface area (Å²) < 4.78 is 16.3. The van der Waals surface area contributed by atoms with Crippen molar-refractivity contribution >= 4 is 0 Å². The fourth-order valence-corrected chi connectivity index (χ4v) is 2.82. The molecule has 3 rings (SSSR count). The van der Waals surface area contributed by atoms with Crippen molar-refractivity contribution in [3.05, 3.63) is 17.7 Å². The van der Waals surface area contributed by atoms with Gasteiger partial charge in [-0.05, 0) is 25.0 Å². The summed E-state index contributed by atoms with van der Waals surface area (Å²) in [4.78, 5) is 0. The molecule has 1 aromatic rings. The number of hydrogen-bond acceptors (Lipinski definition) is 4. The maximum atomic E-state index is 6.47. The summed E-state index contributed by atoms with van der Waals surface area (Å²) in [6.45, 7) is 0.257. The molecule has 92 valence electrons. The Morgan fingerprint density at radius 2 is 2.00 bits per heavy atom. The zero-order valence-corrected chi connectivity index (χ0v) is 9.99. The van der Waals surface area contributed by atoms with Crippen molar-refractivity contribution in [2.75, 3.05) is 13.9 Å². The first-order valence-electron chi connectivity index (χ1n) is 6.00. The molecule has 1 aliphatic carbocycles. The number of ether oxygens (including phenoxy) is 3. The smallest absolute Gasteiger partial charge is 0.231 e. The van der Waals surface area contributed by atoms with E-state index in [1.54, 1.807) is 7.11 Å². The number of hydrogen-bond donors (Lipinski definition) is 1. The molecule has 4 nitrogen and oxygen atoms in total. The van der Waals surface area contributed by atoms with Crippen LogP contribution in [0.1, 0.15) is 31.2 Å². The van der Waals surface area contributed by atoms with E-state index in [-0.39, 0.29) is 12.3 Å². The van der Waals surface area contributed by atoms with Crippen molar-refractivity contribution in [2.45, 2.75) is 31.2 Å². The lowest BCUT2D eigenvalue weighted by Gasteiger charge is -2.26. The lowest BCUT2D eigenvalue weighted by Crippen LogP contribution is -2.33. The molecule has 0 spiro atoms. The normalized spacial score (nSPS) is 20.6. The highest BCUT2D eigenvalue weighted by Gasteiger charge is 2.36. The highest BCUT2D eigenvalue weighted by molar-refractivity contribution is 5.58. The van der Waals surface area contributed by atoms with Crippen molar-refractivity contribution in [1.82, 2.24) is 0 Å². The molecule has 0 bridgehead atoms. The number of fused-ring (bicyclic) bond motifs is 1. The average molecular weight is 235 g/mol. The predicted molar refractivity (Wildman–Crippen MR) is 63.5 cm³/mol. The van der Waals surface area contributed by atoms with Gasteiger partial charge >= 0.3 is 0 Å². The van der Waals surface area contributed by atoms with E-state index in [9.17, 15) is 0 Å². The first-order valence-corrected chi connectivity index (χ1v) is 6.00. The van der Waals surface area contributed by atoms with E-state index in [0.717, 1.165) is 29.9 Å². The maximum Gasteiger partial charge on any atom is 0.231 e. The van der Waals surface area contributed by atoms with Crippen LogP contribution in [0.4, 0.5) is 0 Å².